The molecular weight excluding hydrogens is 418 g/mol. The average molecular weight is 457 g/mol. The molecule has 2 amide bonds. The minimum absolute atomic E-state index is 0.0266. The van der Waals surface area contributed by atoms with Crippen LogP contribution in [0.1, 0.15) is 87.4 Å². The maximum atomic E-state index is 13.3. The zero-order valence-electron chi connectivity index (χ0n) is 19.7. The third-order valence-corrected chi connectivity index (χ3v) is 7.86. The molecule has 2 aliphatic carbocycles. The molecule has 4 rings (SSSR count). The lowest BCUT2D eigenvalue weighted by atomic mass is 9.74. The molecule has 1 aliphatic heterocycles. The molecule has 2 fully saturated rings. The van der Waals surface area contributed by atoms with Gasteiger partial charge in [-0.05, 0) is 50.0 Å². The van der Waals surface area contributed by atoms with Gasteiger partial charge in [-0.25, -0.2) is 4.99 Å². The molecule has 1 aromatic rings. The smallest absolute Gasteiger partial charge is 0.257 e. The average Bonchev–Trinajstić information content (AvgIpc) is 3.02. The number of amides is 2. The van der Waals surface area contributed by atoms with Crippen LogP contribution in [-0.2, 0) is 4.79 Å². The Labute approximate surface area is 196 Å². The first-order chi connectivity index (χ1) is 15.9. The van der Waals surface area contributed by atoms with E-state index in [1.807, 2.05) is 0 Å². The summed E-state index contributed by atoms with van der Waals surface area (Å²) in [7, 11) is 1.72. The van der Waals surface area contributed by atoms with E-state index in [-0.39, 0.29) is 17.9 Å². The lowest BCUT2D eigenvalue weighted by Gasteiger charge is -2.35. The van der Waals surface area contributed by atoms with Crippen LogP contribution in [0, 0.1) is 11.8 Å². The summed E-state index contributed by atoms with van der Waals surface area (Å²) in [5.41, 5.74) is 5.78. The van der Waals surface area contributed by atoms with E-state index >= 15 is 0 Å². The van der Waals surface area contributed by atoms with Gasteiger partial charge in [0.05, 0.1) is 0 Å². The number of aliphatic imine (C=N–C) groups is 1. The topological polar surface area (TPSA) is 112 Å². The Morgan fingerprint density at radius 2 is 2.00 bits per heavy atom. The molecule has 0 saturated heterocycles. The number of hydrogen-bond acceptors (Lipinski definition) is 5. The Kier molecular flexibility index (Phi) is 7.20. The lowest BCUT2D eigenvalue weighted by Crippen LogP contribution is -2.45. The lowest BCUT2D eigenvalue weighted by molar-refractivity contribution is -0.904. The number of likely N-dealkylation sites (N-methyl/N-ethyl adjacent to an activating group) is 1. The number of carbonyl (C=O) groups is 2. The second-order valence-electron chi connectivity index (χ2n) is 10.3. The second kappa shape index (κ2) is 10.1. The van der Waals surface area contributed by atoms with Crippen LogP contribution >= 0.6 is 0 Å². The minimum atomic E-state index is -0.755. The summed E-state index contributed by atoms with van der Waals surface area (Å²) in [6.45, 7) is 0. The van der Waals surface area contributed by atoms with Gasteiger partial charge in [-0.3, -0.25) is 19.7 Å². The first kappa shape index (κ1) is 23.5. The van der Waals surface area contributed by atoms with Crippen molar-refractivity contribution in [3.8, 4) is 0 Å². The minimum Gasteiger partial charge on any atom is -0.369 e. The van der Waals surface area contributed by atoms with Gasteiger partial charge in [-0.1, -0.05) is 44.9 Å². The number of pyridine rings is 1. The Morgan fingerprint density at radius 1 is 1.24 bits per heavy atom. The largest absolute Gasteiger partial charge is 0.369 e. The van der Waals surface area contributed by atoms with Crippen LogP contribution in [0.5, 0.6) is 0 Å². The van der Waals surface area contributed by atoms with Gasteiger partial charge in [-0.2, -0.15) is 0 Å². The summed E-state index contributed by atoms with van der Waals surface area (Å²) >= 11 is 0. The van der Waals surface area contributed by atoms with Crippen molar-refractivity contribution in [2.75, 3.05) is 7.05 Å². The van der Waals surface area contributed by atoms with Gasteiger partial charge in [0.1, 0.15) is 11.1 Å². The molecule has 4 N–H and O–H groups in total. The first-order valence-electron chi connectivity index (χ1n) is 12.5. The van der Waals surface area contributed by atoms with Crippen molar-refractivity contribution in [3.63, 3.8) is 0 Å². The maximum absolute atomic E-state index is 13.3. The van der Waals surface area contributed by atoms with Crippen LogP contribution in [0.15, 0.2) is 29.5 Å². The highest BCUT2D eigenvalue weighted by atomic mass is 16.5. The summed E-state index contributed by atoms with van der Waals surface area (Å²) in [5.74, 6) is 1.16. The van der Waals surface area contributed by atoms with Gasteiger partial charge in [0, 0.05) is 23.9 Å². The van der Waals surface area contributed by atoms with Gasteiger partial charge >= 0.3 is 0 Å². The van der Waals surface area contributed by atoms with E-state index in [0.29, 0.717) is 29.8 Å². The quantitative estimate of drug-likeness (QED) is 0.433. The van der Waals surface area contributed by atoms with Crippen molar-refractivity contribution in [2.24, 2.45) is 22.6 Å². The molecule has 8 nitrogen and oxygen atoms in total. The van der Waals surface area contributed by atoms with Gasteiger partial charge in [0.2, 0.25) is 12.4 Å². The second-order valence-corrected chi connectivity index (χ2v) is 10.3. The Morgan fingerprint density at radius 3 is 2.70 bits per heavy atom. The third kappa shape index (κ3) is 5.47. The number of hydrogen-bond donors (Lipinski definition) is 3. The van der Waals surface area contributed by atoms with Crippen LogP contribution in [-0.4, -0.2) is 46.5 Å². The number of nitrogens with one attached hydrogen (secondary N) is 1. The van der Waals surface area contributed by atoms with Gasteiger partial charge in [-0.15, -0.1) is 0 Å². The van der Waals surface area contributed by atoms with Crippen molar-refractivity contribution in [2.45, 2.75) is 88.6 Å². The highest BCUT2D eigenvalue weighted by Gasteiger charge is 2.48. The van der Waals surface area contributed by atoms with Crippen molar-refractivity contribution < 1.29 is 19.5 Å². The molecule has 3 aliphatic rings. The van der Waals surface area contributed by atoms with E-state index < -0.39 is 5.54 Å². The van der Waals surface area contributed by atoms with Crippen molar-refractivity contribution in [3.05, 3.63) is 30.1 Å². The normalized spacial score (nSPS) is 28.6. The van der Waals surface area contributed by atoms with E-state index in [4.69, 9.17) is 10.7 Å². The Balaban J connectivity index is 1.41. The molecule has 8 heteroatoms. The van der Waals surface area contributed by atoms with E-state index in [2.05, 4.69) is 5.32 Å². The van der Waals surface area contributed by atoms with E-state index in [9.17, 15) is 14.8 Å². The Hall–Kier alpha value is -2.64. The standard InChI is InChI=1S/C25H37N5O3/c1-29-23(32)25(28-24(29)26,13-12-18-7-3-2-4-8-18)16-19-9-5-11-21(15-19)27-22(31)20-10-6-14-30(33)17-20/h6,10,14,17-19,21H,2-5,7-9,11-13,15-16H2,1H3,(H3-,26,27,28,31,33)/p+1/t19-,21+,25+/m0/s1. The number of carbonyl (C=O) groups excluding carboxylic acids is 2. The molecule has 0 bridgehead atoms. The van der Waals surface area contributed by atoms with Crippen LogP contribution in [0.2, 0.25) is 0 Å². The number of nitrogens with zero attached hydrogens (tertiary/aromatic N) is 3. The molecule has 0 radical (unpaired) electrons. The number of aromatic nitrogens is 1. The summed E-state index contributed by atoms with van der Waals surface area (Å²) in [5, 5.41) is 12.7. The number of nitrogens with two attached hydrogens (primary N) is 1. The number of rotatable bonds is 7. The van der Waals surface area contributed by atoms with E-state index in [1.54, 1.807) is 19.2 Å². The summed E-state index contributed by atoms with van der Waals surface area (Å²) in [6, 6.07) is 3.38. The predicted molar refractivity (Wildman–Crippen MR) is 125 cm³/mol. The van der Waals surface area contributed by atoms with Gasteiger partial charge < -0.3 is 11.1 Å². The van der Waals surface area contributed by atoms with Gasteiger partial charge in [0.25, 0.3) is 11.8 Å². The molecule has 33 heavy (non-hydrogen) atoms. The summed E-state index contributed by atoms with van der Waals surface area (Å²) < 4.78 is 0.888. The molecule has 1 aromatic heterocycles. The Bertz CT molecular complexity index is 898. The zero-order valence-corrected chi connectivity index (χ0v) is 19.7. The fraction of sp³-hybridized carbons (Fsp3) is 0.680. The molecule has 2 saturated carbocycles. The molecule has 2 heterocycles. The molecule has 180 valence electrons. The summed E-state index contributed by atoms with van der Waals surface area (Å²) in [4.78, 5) is 32.2. The fourth-order valence-electron chi connectivity index (χ4n) is 6.03. The number of guanidine groups is 1. The highest BCUT2D eigenvalue weighted by Crippen LogP contribution is 2.40. The highest BCUT2D eigenvalue weighted by molar-refractivity contribution is 6.06. The summed E-state index contributed by atoms with van der Waals surface area (Å²) in [6.07, 6.45) is 15.6. The molecular formula is C25H38N5O3+. The monoisotopic (exact) mass is 456 g/mol. The maximum Gasteiger partial charge on any atom is 0.257 e. The predicted octanol–water partition coefficient (Wildman–Crippen LogP) is 2.78. The van der Waals surface area contributed by atoms with Crippen LogP contribution in [0.4, 0.5) is 0 Å². The van der Waals surface area contributed by atoms with E-state index in [1.165, 1.54) is 49.4 Å². The van der Waals surface area contributed by atoms with Crippen molar-refractivity contribution in [1.29, 1.82) is 0 Å². The SMILES string of the molecule is CN1C(=O)[C@@](CCC2CCCCC2)(C[C@H]2CCC[C@@H](NC(=O)c3ccc[n+](O)c3)C2)N=C1N. The van der Waals surface area contributed by atoms with Crippen molar-refractivity contribution >= 4 is 17.8 Å². The van der Waals surface area contributed by atoms with Crippen LogP contribution in [0.3, 0.4) is 0 Å². The van der Waals surface area contributed by atoms with Crippen LogP contribution in [0.25, 0.3) is 0 Å². The van der Waals surface area contributed by atoms with Crippen LogP contribution < -0.4 is 15.8 Å². The molecule has 0 aromatic carbocycles. The van der Waals surface area contributed by atoms with Gasteiger partial charge in [0.15, 0.2) is 5.96 Å². The van der Waals surface area contributed by atoms with Crippen molar-refractivity contribution in [1.82, 2.24) is 10.2 Å². The fourth-order valence-corrected chi connectivity index (χ4v) is 6.03. The zero-order chi connectivity index (χ0) is 23.4. The first-order valence-corrected chi connectivity index (χ1v) is 12.5. The molecule has 0 unspecified atom stereocenters. The van der Waals surface area contributed by atoms with E-state index in [0.717, 1.165) is 43.3 Å². The molecule has 0 spiro atoms. The third-order valence-electron chi connectivity index (χ3n) is 7.86. The molecule has 3 atom stereocenters.